The van der Waals surface area contributed by atoms with Gasteiger partial charge in [-0.2, -0.15) is 0 Å². The second kappa shape index (κ2) is 8.81. The van der Waals surface area contributed by atoms with Crippen LogP contribution < -0.4 is 14.8 Å². The van der Waals surface area contributed by atoms with E-state index in [1.807, 2.05) is 12.1 Å². The molecule has 0 spiro atoms. The molecule has 108 valence electrons. The Labute approximate surface area is 117 Å². The molecule has 0 bridgehead atoms. The third kappa shape index (κ3) is 4.75. The van der Waals surface area contributed by atoms with Crippen molar-refractivity contribution in [1.82, 2.24) is 5.32 Å². The van der Waals surface area contributed by atoms with Gasteiger partial charge in [0.05, 0.1) is 14.2 Å². The lowest BCUT2D eigenvalue weighted by atomic mass is 9.99. The van der Waals surface area contributed by atoms with E-state index in [9.17, 15) is 0 Å². The minimum absolute atomic E-state index is 0.362. The first-order valence-electron chi connectivity index (χ1n) is 7.22. The Morgan fingerprint density at radius 3 is 2.47 bits per heavy atom. The molecule has 3 nitrogen and oxygen atoms in total. The SMILES string of the molecule is CCCCC(NCCC)c1ccc(OC)cc1OC. The zero-order chi connectivity index (χ0) is 14.1. The predicted molar refractivity (Wildman–Crippen MR) is 80.1 cm³/mol. The maximum Gasteiger partial charge on any atom is 0.127 e. The van der Waals surface area contributed by atoms with E-state index in [0.717, 1.165) is 30.9 Å². The standard InChI is InChI=1S/C16H27NO2/c1-5-7-8-15(17-11-6-2)14-10-9-13(18-3)12-16(14)19-4/h9-10,12,15,17H,5-8,11H2,1-4H3. The van der Waals surface area contributed by atoms with Crippen molar-refractivity contribution in [1.29, 1.82) is 0 Å². The van der Waals surface area contributed by atoms with Crippen LogP contribution in [0.1, 0.15) is 51.1 Å². The zero-order valence-electron chi connectivity index (χ0n) is 12.7. The van der Waals surface area contributed by atoms with E-state index in [2.05, 4.69) is 25.2 Å². The summed E-state index contributed by atoms with van der Waals surface area (Å²) in [5, 5.41) is 3.61. The third-order valence-corrected chi connectivity index (χ3v) is 3.30. The molecule has 0 amide bonds. The van der Waals surface area contributed by atoms with Crippen LogP contribution >= 0.6 is 0 Å². The maximum atomic E-state index is 5.51. The number of rotatable bonds is 9. The van der Waals surface area contributed by atoms with Gasteiger partial charge in [-0.15, -0.1) is 0 Å². The Hall–Kier alpha value is -1.22. The molecular weight excluding hydrogens is 238 g/mol. The zero-order valence-corrected chi connectivity index (χ0v) is 12.7. The smallest absolute Gasteiger partial charge is 0.127 e. The van der Waals surface area contributed by atoms with Gasteiger partial charge >= 0.3 is 0 Å². The fraction of sp³-hybridized carbons (Fsp3) is 0.625. The molecule has 0 fully saturated rings. The summed E-state index contributed by atoms with van der Waals surface area (Å²) in [6, 6.07) is 6.44. The number of ether oxygens (including phenoxy) is 2. The number of hydrogen-bond donors (Lipinski definition) is 1. The largest absolute Gasteiger partial charge is 0.497 e. The summed E-state index contributed by atoms with van der Waals surface area (Å²) in [6.45, 7) is 5.45. The van der Waals surface area contributed by atoms with Crippen LogP contribution in [-0.4, -0.2) is 20.8 Å². The van der Waals surface area contributed by atoms with Gasteiger partial charge in [0.25, 0.3) is 0 Å². The summed E-state index contributed by atoms with van der Waals surface area (Å²) in [4.78, 5) is 0. The molecule has 19 heavy (non-hydrogen) atoms. The Balaban J connectivity index is 2.91. The summed E-state index contributed by atoms with van der Waals surface area (Å²) in [6.07, 6.45) is 4.71. The number of hydrogen-bond acceptors (Lipinski definition) is 3. The molecule has 1 N–H and O–H groups in total. The van der Waals surface area contributed by atoms with Crippen molar-refractivity contribution in [2.24, 2.45) is 0 Å². The van der Waals surface area contributed by atoms with Crippen LogP contribution in [0.5, 0.6) is 11.5 Å². The van der Waals surface area contributed by atoms with Gasteiger partial charge in [-0.05, 0) is 25.5 Å². The van der Waals surface area contributed by atoms with Crippen LogP contribution in [0.3, 0.4) is 0 Å². The van der Waals surface area contributed by atoms with E-state index in [4.69, 9.17) is 9.47 Å². The molecule has 1 atom stereocenters. The lowest BCUT2D eigenvalue weighted by Gasteiger charge is -2.21. The van der Waals surface area contributed by atoms with Gasteiger partial charge in [-0.3, -0.25) is 0 Å². The molecule has 0 aliphatic carbocycles. The minimum atomic E-state index is 0.362. The molecule has 1 unspecified atom stereocenters. The summed E-state index contributed by atoms with van der Waals surface area (Å²) < 4.78 is 10.8. The van der Waals surface area contributed by atoms with Gasteiger partial charge < -0.3 is 14.8 Å². The van der Waals surface area contributed by atoms with E-state index in [-0.39, 0.29) is 0 Å². The van der Waals surface area contributed by atoms with Crippen LogP contribution in [0, 0.1) is 0 Å². The van der Waals surface area contributed by atoms with Crippen molar-refractivity contribution in [2.75, 3.05) is 20.8 Å². The number of methoxy groups -OCH3 is 2. The average molecular weight is 265 g/mol. The van der Waals surface area contributed by atoms with Gasteiger partial charge in [-0.1, -0.05) is 32.8 Å². The van der Waals surface area contributed by atoms with Crippen LogP contribution in [0.2, 0.25) is 0 Å². The van der Waals surface area contributed by atoms with Crippen LogP contribution in [-0.2, 0) is 0 Å². The summed E-state index contributed by atoms with van der Waals surface area (Å²) in [5.74, 6) is 1.74. The lowest BCUT2D eigenvalue weighted by Crippen LogP contribution is -2.22. The Morgan fingerprint density at radius 1 is 1.11 bits per heavy atom. The summed E-state index contributed by atoms with van der Waals surface area (Å²) in [5.41, 5.74) is 1.23. The number of unbranched alkanes of at least 4 members (excludes halogenated alkanes) is 1. The van der Waals surface area contributed by atoms with Crippen LogP contribution in [0.4, 0.5) is 0 Å². The topological polar surface area (TPSA) is 30.5 Å². The average Bonchev–Trinajstić information content (AvgIpc) is 2.47. The second-order valence-electron chi connectivity index (χ2n) is 4.76. The van der Waals surface area contributed by atoms with Crippen molar-refractivity contribution >= 4 is 0 Å². The molecule has 0 radical (unpaired) electrons. The Kier molecular flexibility index (Phi) is 7.34. The second-order valence-corrected chi connectivity index (χ2v) is 4.76. The molecule has 0 heterocycles. The van der Waals surface area contributed by atoms with E-state index in [1.165, 1.54) is 18.4 Å². The molecule has 1 aromatic rings. The Morgan fingerprint density at radius 2 is 1.89 bits per heavy atom. The maximum absolute atomic E-state index is 5.51. The van der Waals surface area contributed by atoms with Crippen molar-refractivity contribution in [2.45, 2.75) is 45.6 Å². The highest BCUT2D eigenvalue weighted by molar-refractivity contribution is 5.42. The molecule has 3 heteroatoms. The molecule has 0 saturated carbocycles. The van der Waals surface area contributed by atoms with Gasteiger partial charge in [-0.25, -0.2) is 0 Å². The first-order chi connectivity index (χ1) is 9.26. The predicted octanol–water partition coefficient (Wildman–Crippen LogP) is 3.93. The van der Waals surface area contributed by atoms with E-state index in [1.54, 1.807) is 14.2 Å². The monoisotopic (exact) mass is 265 g/mol. The summed E-state index contributed by atoms with van der Waals surface area (Å²) >= 11 is 0. The normalized spacial score (nSPS) is 12.2. The van der Waals surface area contributed by atoms with Crippen LogP contribution in [0.25, 0.3) is 0 Å². The highest BCUT2D eigenvalue weighted by atomic mass is 16.5. The van der Waals surface area contributed by atoms with E-state index < -0.39 is 0 Å². The molecule has 0 saturated heterocycles. The van der Waals surface area contributed by atoms with Crippen molar-refractivity contribution in [3.63, 3.8) is 0 Å². The fourth-order valence-corrected chi connectivity index (χ4v) is 2.20. The molecule has 0 aliphatic heterocycles. The summed E-state index contributed by atoms with van der Waals surface area (Å²) in [7, 11) is 3.40. The molecule has 1 aromatic carbocycles. The Bertz CT molecular complexity index is 358. The van der Waals surface area contributed by atoms with E-state index >= 15 is 0 Å². The third-order valence-electron chi connectivity index (χ3n) is 3.30. The number of benzene rings is 1. The van der Waals surface area contributed by atoms with Crippen LogP contribution in [0.15, 0.2) is 18.2 Å². The van der Waals surface area contributed by atoms with Crippen molar-refractivity contribution in [3.8, 4) is 11.5 Å². The lowest BCUT2D eigenvalue weighted by molar-refractivity contribution is 0.380. The molecule has 0 aromatic heterocycles. The van der Waals surface area contributed by atoms with Gasteiger partial charge in [0.2, 0.25) is 0 Å². The van der Waals surface area contributed by atoms with Gasteiger partial charge in [0.15, 0.2) is 0 Å². The molecular formula is C16H27NO2. The molecule has 1 rings (SSSR count). The number of nitrogens with one attached hydrogen (secondary N) is 1. The first kappa shape index (κ1) is 15.8. The van der Waals surface area contributed by atoms with E-state index in [0.29, 0.717) is 6.04 Å². The highest BCUT2D eigenvalue weighted by Crippen LogP contribution is 2.31. The van der Waals surface area contributed by atoms with Crippen molar-refractivity contribution < 1.29 is 9.47 Å². The van der Waals surface area contributed by atoms with Gasteiger partial charge in [0, 0.05) is 17.7 Å². The van der Waals surface area contributed by atoms with Gasteiger partial charge in [0.1, 0.15) is 11.5 Å². The highest BCUT2D eigenvalue weighted by Gasteiger charge is 2.15. The molecule has 0 aliphatic rings. The minimum Gasteiger partial charge on any atom is -0.497 e. The van der Waals surface area contributed by atoms with Crippen molar-refractivity contribution in [3.05, 3.63) is 23.8 Å². The first-order valence-corrected chi connectivity index (χ1v) is 7.22. The quantitative estimate of drug-likeness (QED) is 0.733. The fourth-order valence-electron chi connectivity index (χ4n) is 2.20.